The Hall–Kier alpha value is -0.570. The first-order valence-corrected chi connectivity index (χ1v) is 10.2. The summed E-state index contributed by atoms with van der Waals surface area (Å²) in [6.45, 7) is 9.96. The van der Waals surface area contributed by atoms with E-state index < -0.39 is 0 Å². The number of hydrogen-bond acceptors (Lipinski definition) is 3. The van der Waals surface area contributed by atoms with Crippen LogP contribution in [0.25, 0.3) is 0 Å². The number of amides is 1. The van der Waals surface area contributed by atoms with Gasteiger partial charge in [-0.1, -0.05) is 12.8 Å². The summed E-state index contributed by atoms with van der Waals surface area (Å²) < 4.78 is 6.08. The van der Waals surface area contributed by atoms with E-state index in [1.165, 1.54) is 25.7 Å². The smallest absolute Gasteiger partial charge is 0.240 e. The van der Waals surface area contributed by atoms with Crippen LogP contribution >= 0.6 is 24.0 Å². The van der Waals surface area contributed by atoms with E-state index in [1.807, 2.05) is 39.6 Å². The fourth-order valence-corrected chi connectivity index (χ4v) is 5.22. The maximum atomic E-state index is 12.3. The van der Waals surface area contributed by atoms with Crippen LogP contribution in [0.1, 0.15) is 59.8 Å². The molecule has 3 aliphatic rings. The molecule has 0 aromatic rings. The minimum absolute atomic E-state index is 0. The molecule has 0 radical (unpaired) electrons. The predicted octanol–water partition coefficient (Wildman–Crippen LogP) is 2.76. The Bertz CT molecular complexity index is 555. The van der Waals surface area contributed by atoms with Gasteiger partial charge in [0.15, 0.2) is 5.96 Å². The molecular weight excluding hydrogens is 455 g/mol. The third-order valence-electron chi connectivity index (χ3n) is 6.14. The van der Waals surface area contributed by atoms with E-state index in [1.54, 1.807) is 0 Å². The second-order valence-corrected chi connectivity index (χ2v) is 9.26. The van der Waals surface area contributed by atoms with Crippen LogP contribution in [0.15, 0.2) is 4.99 Å². The van der Waals surface area contributed by atoms with Gasteiger partial charge in [-0.25, -0.2) is 0 Å². The summed E-state index contributed by atoms with van der Waals surface area (Å²) in [5, 5.41) is 6.77. The Morgan fingerprint density at radius 3 is 2.56 bits per heavy atom. The number of rotatable bonds is 4. The normalized spacial score (nSPS) is 28.9. The molecule has 156 valence electrons. The number of carbonyl (C=O) groups excluding carboxylic acids is 1. The number of halogens is 1. The summed E-state index contributed by atoms with van der Waals surface area (Å²) in [6, 6.07) is 0.427. The van der Waals surface area contributed by atoms with E-state index in [2.05, 4.69) is 15.6 Å². The number of hydrogen-bond donors (Lipinski definition) is 2. The van der Waals surface area contributed by atoms with Crippen molar-refractivity contribution in [2.75, 3.05) is 26.7 Å². The van der Waals surface area contributed by atoms with Gasteiger partial charge in [-0.3, -0.25) is 9.79 Å². The second-order valence-electron chi connectivity index (χ2n) is 9.26. The second kappa shape index (κ2) is 8.84. The molecule has 1 spiro atoms. The number of nitrogens with zero attached hydrogens (tertiary/aromatic N) is 2. The van der Waals surface area contributed by atoms with Crippen LogP contribution in [0.3, 0.4) is 0 Å². The molecule has 3 rings (SSSR count). The Morgan fingerprint density at radius 2 is 1.96 bits per heavy atom. The number of aliphatic imine (C=N–C) groups is 1. The summed E-state index contributed by atoms with van der Waals surface area (Å²) in [7, 11) is 1.95. The van der Waals surface area contributed by atoms with E-state index in [0.29, 0.717) is 31.2 Å². The van der Waals surface area contributed by atoms with Crippen LogP contribution in [0, 0.1) is 11.3 Å². The molecule has 6 nitrogen and oxygen atoms in total. The summed E-state index contributed by atoms with van der Waals surface area (Å²) in [4.78, 5) is 19.0. The van der Waals surface area contributed by atoms with Gasteiger partial charge in [0.05, 0.1) is 12.6 Å². The Balaban J connectivity index is 0.00000261. The van der Waals surface area contributed by atoms with Gasteiger partial charge in [0, 0.05) is 43.1 Å². The minimum Gasteiger partial charge on any atom is -0.377 e. The molecule has 27 heavy (non-hydrogen) atoms. The number of likely N-dealkylation sites (N-methyl/N-ethyl adjacent to an activating group) is 1. The summed E-state index contributed by atoms with van der Waals surface area (Å²) >= 11 is 0. The fraction of sp³-hybridized carbons (Fsp3) is 0.900. The number of fused-ring (bicyclic) bond motifs is 2. The third kappa shape index (κ3) is 4.71. The topological polar surface area (TPSA) is 66.0 Å². The molecule has 3 fully saturated rings. The van der Waals surface area contributed by atoms with Crippen LogP contribution in [-0.4, -0.2) is 61.2 Å². The summed E-state index contributed by atoms with van der Waals surface area (Å²) in [5.74, 6) is 1.46. The van der Waals surface area contributed by atoms with Gasteiger partial charge in [0.2, 0.25) is 5.91 Å². The highest BCUT2D eigenvalue weighted by atomic mass is 127. The van der Waals surface area contributed by atoms with E-state index >= 15 is 0 Å². The molecule has 0 aromatic heterocycles. The van der Waals surface area contributed by atoms with E-state index in [4.69, 9.17) is 4.74 Å². The first-order valence-electron chi connectivity index (χ1n) is 10.2. The first-order chi connectivity index (χ1) is 12.3. The zero-order valence-electron chi connectivity index (χ0n) is 17.5. The molecule has 1 amide bonds. The SMILES string of the molecule is CCN=C(NC1C2CCOC2C12CCCC2)N(C)CC(=O)NC(C)(C)C.I. The Kier molecular flexibility index (Phi) is 7.44. The zero-order valence-corrected chi connectivity index (χ0v) is 19.8. The van der Waals surface area contributed by atoms with Gasteiger partial charge in [0.1, 0.15) is 0 Å². The van der Waals surface area contributed by atoms with Gasteiger partial charge < -0.3 is 20.3 Å². The monoisotopic (exact) mass is 492 g/mol. The van der Waals surface area contributed by atoms with Crippen molar-refractivity contribution in [3.63, 3.8) is 0 Å². The average Bonchev–Trinajstić information content (AvgIpc) is 3.17. The van der Waals surface area contributed by atoms with E-state index in [0.717, 1.165) is 19.0 Å². The molecule has 2 N–H and O–H groups in total. The molecule has 3 atom stereocenters. The van der Waals surface area contributed by atoms with Crippen molar-refractivity contribution in [1.82, 2.24) is 15.5 Å². The first kappa shape index (κ1) is 22.7. The summed E-state index contributed by atoms with van der Waals surface area (Å²) in [6.07, 6.45) is 6.67. The van der Waals surface area contributed by atoms with Crippen molar-refractivity contribution >= 4 is 35.8 Å². The lowest BCUT2D eigenvalue weighted by Gasteiger charge is -2.57. The number of carbonyl (C=O) groups is 1. The minimum atomic E-state index is -0.219. The van der Waals surface area contributed by atoms with E-state index in [9.17, 15) is 4.79 Å². The third-order valence-corrected chi connectivity index (χ3v) is 6.14. The van der Waals surface area contributed by atoms with Gasteiger partial charge in [-0.2, -0.15) is 0 Å². The molecule has 0 bridgehead atoms. The van der Waals surface area contributed by atoms with Crippen molar-refractivity contribution in [3.8, 4) is 0 Å². The number of nitrogens with one attached hydrogen (secondary N) is 2. The quantitative estimate of drug-likeness (QED) is 0.360. The molecule has 1 saturated heterocycles. The van der Waals surface area contributed by atoms with Crippen LogP contribution in [0.2, 0.25) is 0 Å². The molecule has 3 unspecified atom stereocenters. The van der Waals surface area contributed by atoms with Crippen molar-refractivity contribution in [2.45, 2.75) is 77.5 Å². The van der Waals surface area contributed by atoms with Crippen molar-refractivity contribution in [3.05, 3.63) is 0 Å². The highest BCUT2D eigenvalue weighted by molar-refractivity contribution is 14.0. The molecule has 1 aliphatic heterocycles. The maximum absolute atomic E-state index is 12.3. The molecule has 1 heterocycles. The van der Waals surface area contributed by atoms with Gasteiger partial charge >= 0.3 is 0 Å². The standard InChI is InChI=1S/C20H36N4O2.HI/c1-6-21-18(24(5)13-15(25)23-19(2,3)4)22-16-14-9-12-26-17(14)20(16)10-7-8-11-20;/h14,16-17H,6-13H2,1-5H3,(H,21,22)(H,23,25);1H. The lowest BCUT2D eigenvalue weighted by molar-refractivity contribution is -0.126. The molecule has 0 aromatic carbocycles. The number of ether oxygens (including phenoxy) is 1. The van der Waals surface area contributed by atoms with Crippen molar-refractivity contribution in [2.24, 2.45) is 16.3 Å². The van der Waals surface area contributed by atoms with Crippen molar-refractivity contribution < 1.29 is 9.53 Å². The average molecular weight is 492 g/mol. The summed E-state index contributed by atoms with van der Waals surface area (Å²) in [5.41, 5.74) is 0.0634. The van der Waals surface area contributed by atoms with Crippen LogP contribution in [0.5, 0.6) is 0 Å². The lowest BCUT2D eigenvalue weighted by Crippen LogP contribution is -2.69. The van der Waals surface area contributed by atoms with Gasteiger partial charge in [-0.05, 0) is 47.0 Å². The zero-order chi connectivity index (χ0) is 18.9. The van der Waals surface area contributed by atoms with Gasteiger partial charge in [0.25, 0.3) is 0 Å². The van der Waals surface area contributed by atoms with Crippen LogP contribution in [0.4, 0.5) is 0 Å². The fourth-order valence-electron chi connectivity index (χ4n) is 5.22. The Morgan fingerprint density at radius 1 is 1.30 bits per heavy atom. The van der Waals surface area contributed by atoms with Crippen LogP contribution < -0.4 is 10.6 Å². The largest absolute Gasteiger partial charge is 0.377 e. The highest BCUT2D eigenvalue weighted by Gasteiger charge is 2.65. The molecule has 2 saturated carbocycles. The van der Waals surface area contributed by atoms with Crippen molar-refractivity contribution in [1.29, 1.82) is 0 Å². The maximum Gasteiger partial charge on any atom is 0.240 e. The highest BCUT2D eigenvalue weighted by Crippen LogP contribution is 2.60. The van der Waals surface area contributed by atoms with Crippen LogP contribution in [-0.2, 0) is 9.53 Å². The lowest BCUT2D eigenvalue weighted by atomic mass is 9.54. The predicted molar refractivity (Wildman–Crippen MR) is 120 cm³/mol. The molecular formula is C20H37IN4O2. The molecule has 7 heteroatoms. The van der Waals surface area contributed by atoms with Gasteiger partial charge in [-0.15, -0.1) is 24.0 Å². The Labute approximate surface area is 181 Å². The molecule has 2 aliphatic carbocycles. The number of guanidine groups is 1. The van der Waals surface area contributed by atoms with E-state index in [-0.39, 0.29) is 40.8 Å².